The van der Waals surface area contributed by atoms with Crippen molar-refractivity contribution in [1.29, 1.82) is 0 Å². The Morgan fingerprint density at radius 2 is 1.95 bits per heavy atom. The molecule has 0 saturated heterocycles. The van der Waals surface area contributed by atoms with Crippen LogP contribution in [0.1, 0.15) is 24.1 Å². The van der Waals surface area contributed by atoms with Crippen LogP contribution in [0, 0.1) is 0 Å². The van der Waals surface area contributed by atoms with Gasteiger partial charge in [-0.2, -0.15) is 13.2 Å². The molecule has 22 heavy (non-hydrogen) atoms. The fourth-order valence-electron chi connectivity index (χ4n) is 2.16. The molecule has 0 bridgehead atoms. The van der Waals surface area contributed by atoms with E-state index in [9.17, 15) is 22.8 Å². The van der Waals surface area contributed by atoms with E-state index in [1.54, 1.807) is 0 Å². The molecule has 0 spiro atoms. The van der Waals surface area contributed by atoms with E-state index >= 15 is 0 Å². The van der Waals surface area contributed by atoms with Gasteiger partial charge in [0.2, 0.25) is 0 Å². The van der Waals surface area contributed by atoms with Crippen LogP contribution >= 0.6 is 0 Å². The smallest absolute Gasteiger partial charge is 0.433 e. The van der Waals surface area contributed by atoms with E-state index in [0.29, 0.717) is 16.0 Å². The molecule has 1 aromatic rings. The molecule has 1 amide bonds. The van der Waals surface area contributed by atoms with E-state index in [1.807, 2.05) is 0 Å². The number of amides is 1. The van der Waals surface area contributed by atoms with Crippen molar-refractivity contribution >= 4 is 17.6 Å². The van der Waals surface area contributed by atoms with E-state index < -0.39 is 30.0 Å². The Labute approximate surface area is 122 Å². The third-order valence-corrected chi connectivity index (χ3v) is 3.25. The van der Waals surface area contributed by atoms with Gasteiger partial charge in [0.25, 0.3) is 0 Å². The third kappa shape index (κ3) is 3.18. The number of hydrogen-bond donors (Lipinski definition) is 2. The standard InChI is InChI=1S/C13H11F3N2O4/c14-13(15,16)10-4-2-7(5-17-10)8-1-3-9(11(19)20)18(6-8)12(21)22/h2,4-6,9H,1,3H2,(H,19,20)(H,21,22). The quantitative estimate of drug-likeness (QED) is 0.875. The van der Waals surface area contributed by atoms with Crippen molar-refractivity contribution in [3.05, 3.63) is 35.8 Å². The molecule has 1 unspecified atom stereocenters. The highest BCUT2D eigenvalue weighted by Crippen LogP contribution is 2.31. The van der Waals surface area contributed by atoms with E-state index in [0.717, 1.165) is 18.5 Å². The molecule has 0 aliphatic carbocycles. The number of hydrogen-bond acceptors (Lipinski definition) is 3. The molecule has 2 N–H and O–H groups in total. The van der Waals surface area contributed by atoms with Crippen LogP contribution in [0.3, 0.4) is 0 Å². The Bertz CT molecular complexity index is 625. The first kappa shape index (κ1) is 15.8. The number of alkyl halides is 3. The summed E-state index contributed by atoms with van der Waals surface area (Å²) in [7, 11) is 0. The first-order valence-corrected chi connectivity index (χ1v) is 6.18. The minimum Gasteiger partial charge on any atom is -0.480 e. The van der Waals surface area contributed by atoms with E-state index in [1.165, 1.54) is 6.07 Å². The summed E-state index contributed by atoms with van der Waals surface area (Å²) >= 11 is 0. The monoisotopic (exact) mass is 316 g/mol. The topological polar surface area (TPSA) is 90.7 Å². The zero-order valence-electron chi connectivity index (χ0n) is 11.0. The van der Waals surface area contributed by atoms with Gasteiger partial charge in [0.15, 0.2) is 0 Å². The van der Waals surface area contributed by atoms with Gasteiger partial charge in [-0.1, -0.05) is 6.07 Å². The Morgan fingerprint density at radius 3 is 2.41 bits per heavy atom. The fraction of sp³-hybridized carbons (Fsp3) is 0.308. The zero-order valence-corrected chi connectivity index (χ0v) is 11.0. The number of allylic oxidation sites excluding steroid dienone is 1. The lowest BCUT2D eigenvalue weighted by atomic mass is 9.96. The number of carboxylic acid groups (broad SMARTS) is 2. The second-order valence-electron chi connectivity index (χ2n) is 4.67. The lowest BCUT2D eigenvalue weighted by molar-refractivity contribution is -0.142. The maximum atomic E-state index is 12.4. The van der Waals surface area contributed by atoms with Crippen LogP contribution in [0.25, 0.3) is 5.57 Å². The summed E-state index contributed by atoms with van der Waals surface area (Å²) in [6, 6.07) is 0.775. The molecule has 0 aromatic carbocycles. The number of rotatable bonds is 2. The molecule has 0 fully saturated rings. The summed E-state index contributed by atoms with van der Waals surface area (Å²) in [6.45, 7) is 0. The van der Waals surface area contributed by atoms with Crippen molar-refractivity contribution in [2.24, 2.45) is 0 Å². The van der Waals surface area contributed by atoms with E-state index in [4.69, 9.17) is 10.2 Å². The summed E-state index contributed by atoms with van der Waals surface area (Å²) in [5, 5.41) is 18.0. The number of pyridine rings is 1. The van der Waals surface area contributed by atoms with Crippen molar-refractivity contribution in [2.45, 2.75) is 25.1 Å². The van der Waals surface area contributed by atoms with Crippen molar-refractivity contribution in [3.63, 3.8) is 0 Å². The number of aromatic nitrogens is 1. The number of nitrogens with zero attached hydrogens (tertiary/aromatic N) is 2. The van der Waals surface area contributed by atoms with Gasteiger partial charge in [-0.05, 0) is 30.0 Å². The molecule has 2 rings (SSSR count). The largest absolute Gasteiger partial charge is 0.480 e. The van der Waals surface area contributed by atoms with Gasteiger partial charge < -0.3 is 10.2 Å². The summed E-state index contributed by atoms with van der Waals surface area (Å²) in [4.78, 5) is 26.0. The lowest BCUT2D eigenvalue weighted by Crippen LogP contribution is -2.42. The number of carboxylic acids is 1. The molecule has 1 atom stereocenters. The average molecular weight is 316 g/mol. The fourth-order valence-corrected chi connectivity index (χ4v) is 2.16. The Kier molecular flexibility index (Phi) is 4.07. The molecule has 1 aromatic heterocycles. The van der Waals surface area contributed by atoms with Crippen LogP contribution in [-0.4, -0.2) is 38.2 Å². The Hall–Kier alpha value is -2.58. The van der Waals surface area contributed by atoms with E-state index in [2.05, 4.69) is 4.98 Å². The van der Waals surface area contributed by atoms with Crippen molar-refractivity contribution in [3.8, 4) is 0 Å². The number of carbonyl (C=O) groups is 2. The summed E-state index contributed by atoms with van der Waals surface area (Å²) in [5.74, 6) is -1.27. The zero-order chi connectivity index (χ0) is 16.5. The summed E-state index contributed by atoms with van der Waals surface area (Å²) in [5.41, 5.74) is -0.310. The molecule has 1 aliphatic heterocycles. The van der Waals surface area contributed by atoms with Gasteiger partial charge in [0.05, 0.1) is 0 Å². The second-order valence-corrected chi connectivity index (χ2v) is 4.67. The Balaban J connectivity index is 2.31. The van der Waals surface area contributed by atoms with Gasteiger partial charge in [-0.15, -0.1) is 0 Å². The predicted octanol–water partition coefficient (Wildman–Crippen LogP) is 2.67. The molecule has 2 heterocycles. The SMILES string of the molecule is O=C(O)C1CCC(c2ccc(C(F)(F)F)nc2)=CN1C(=O)O. The van der Waals surface area contributed by atoms with E-state index in [-0.39, 0.29) is 12.8 Å². The van der Waals surface area contributed by atoms with Gasteiger partial charge in [0.1, 0.15) is 11.7 Å². The molecule has 118 valence electrons. The maximum absolute atomic E-state index is 12.4. The first-order chi connectivity index (χ1) is 10.2. The highest BCUT2D eigenvalue weighted by Gasteiger charge is 2.34. The normalized spacial score (nSPS) is 18.8. The molecule has 0 radical (unpaired) electrons. The highest BCUT2D eigenvalue weighted by atomic mass is 19.4. The van der Waals surface area contributed by atoms with Gasteiger partial charge in [-0.25, -0.2) is 9.59 Å². The van der Waals surface area contributed by atoms with Crippen LogP contribution in [0.5, 0.6) is 0 Å². The van der Waals surface area contributed by atoms with Crippen molar-refractivity contribution in [2.75, 3.05) is 0 Å². The molecule has 1 aliphatic rings. The van der Waals surface area contributed by atoms with Crippen LogP contribution in [0.2, 0.25) is 0 Å². The molecule has 0 saturated carbocycles. The summed E-state index contributed by atoms with van der Waals surface area (Å²) < 4.78 is 37.3. The van der Waals surface area contributed by atoms with Crippen LogP contribution in [-0.2, 0) is 11.0 Å². The van der Waals surface area contributed by atoms with Crippen LogP contribution in [0.15, 0.2) is 24.5 Å². The molecule has 6 nitrogen and oxygen atoms in total. The Morgan fingerprint density at radius 1 is 1.27 bits per heavy atom. The first-order valence-electron chi connectivity index (χ1n) is 6.18. The molecular weight excluding hydrogens is 305 g/mol. The van der Waals surface area contributed by atoms with Crippen LogP contribution < -0.4 is 0 Å². The molecule has 9 heteroatoms. The van der Waals surface area contributed by atoms with Gasteiger partial charge in [-0.3, -0.25) is 9.88 Å². The van der Waals surface area contributed by atoms with Crippen molar-refractivity contribution < 1.29 is 33.0 Å². The highest BCUT2D eigenvalue weighted by molar-refractivity contribution is 5.83. The van der Waals surface area contributed by atoms with Gasteiger partial charge in [0, 0.05) is 12.4 Å². The average Bonchev–Trinajstić information content (AvgIpc) is 2.45. The molecular formula is C13H11F3N2O4. The van der Waals surface area contributed by atoms with Gasteiger partial charge >= 0.3 is 18.2 Å². The minimum absolute atomic E-state index is 0.0362. The third-order valence-electron chi connectivity index (χ3n) is 3.25. The maximum Gasteiger partial charge on any atom is 0.433 e. The lowest BCUT2D eigenvalue weighted by Gasteiger charge is -2.28. The number of aliphatic carboxylic acids is 1. The second kappa shape index (κ2) is 5.66. The van der Waals surface area contributed by atoms with Crippen LogP contribution in [0.4, 0.5) is 18.0 Å². The minimum atomic E-state index is -4.55. The number of halogens is 3. The predicted molar refractivity (Wildman–Crippen MR) is 67.7 cm³/mol. The summed E-state index contributed by atoms with van der Waals surface area (Å²) in [6.07, 6.45) is -3.61. The van der Waals surface area contributed by atoms with Crippen molar-refractivity contribution in [1.82, 2.24) is 9.88 Å².